The normalized spacial score (nSPS) is 12.3. The van der Waals surface area contributed by atoms with Crippen LogP contribution in [-0.4, -0.2) is 4.98 Å². The fraction of sp³-hybridized carbons (Fsp3) is 0.389. The lowest BCUT2D eigenvalue weighted by Gasteiger charge is -2.10. The van der Waals surface area contributed by atoms with Crippen molar-refractivity contribution in [3.63, 3.8) is 0 Å². The van der Waals surface area contributed by atoms with Crippen LogP contribution in [0.5, 0.6) is 0 Å². The quantitative estimate of drug-likeness (QED) is 0.634. The first-order valence-electron chi connectivity index (χ1n) is 7.30. The molecule has 0 amide bonds. The summed E-state index contributed by atoms with van der Waals surface area (Å²) in [4.78, 5) is 4.19. The summed E-state index contributed by atoms with van der Waals surface area (Å²) < 4.78 is 0. The van der Waals surface area contributed by atoms with Crippen LogP contribution in [0.2, 0.25) is 0 Å². The van der Waals surface area contributed by atoms with E-state index in [4.69, 9.17) is 0 Å². The Hall–Kier alpha value is -1.63. The van der Waals surface area contributed by atoms with Gasteiger partial charge in [0.25, 0.3) is 0 Å². The van der Waals surface area contributed by atoms with E-state index in [1.165, 1.54) is 43.2 Å². The molecule has 0 spiro atoms. The van der Waals surface area contributed by atoms with Gasteiger partial charge in [-0.2, -0.15) is 0 Å². The van der Waals surface area contributed by atoms with Crippen LogP contribution < -0.4 is 0 Å². The van der Waals surface area contributed by atoms with Crippen LogP contribution in [-0.2, 0) is 6.42 Å². The van der Waals surface area contributed by atoms with Gasteiger partial charge in [-0.1, -0.05) is 56.2 Å². The second-order valence-corrected chi connectivity index (χ2v) is 5.27. The third kappa shape index (κ3) is 4.86. The van der Waals surface area contributed by atoms with Crippen molar-refractivity contribution >= 4 is 0 Å². The summed E-state index contributed by atoms with van der Waals surface area (Å²) in [5, 5.41) is 0. The minimum absolute atomic E-state index is 0.630. The summed E-state index contributed by atoms with van der Waals surface area (Å²) in [7, 11) is 0. The summed E-state index contributed by atoms with van der Waals surface area (Å²) >= 11 is 0. The molecule has 1 heteroatoms. The molecule has 100 valence electrons. The van der Waals surface area contributed by atoms with Crippen LogP contribution in [0.15, 0.2) is 54.9 Å². The molecule has 0 N–H and O–H groups in total. The van der Waals surface area contributed by atoms with Gasteiger partial charge in [-0.3, -0.25) is 4.98 Å². The minimum Gasteiger partial charge on any atom is -0.264 e. The molecule has 0 saturated heterocycles. The Kier molecular flexibility index (Phi) is 5.61. The Balaban J connectivity index is 1.62. The number of rotatable bonds is 7. The van der Waals surface area contributed by atoms with Crippen molar-refractivity contribution in [1.82, 2.24) is 4.98 Å². The first-order chi connectivity index (χ1) is 9.36. The highest BCUT2D eigenvalue weighted by atomic mass is 14.6. The maximum Gasteiger partial charge on any atom is 0.0302 e. The van der Waals surface area contributed by atoms with E-state index in [1.807, 2.05) is 18.5 Å². The summed E-state index contributed by atoms with van der Waals surface area (Å²) in [6.07, 6.45) is 10.2. The number of hydrogen-bond donors (Lipinski definition) is 0. The highest BCUT2D eigenvalue weighted by molar-refractivity contribution is 5.15. The molecule has 0 bridgehead atoms. The average molecular weight is 253 g/mol. The molecule has 2 aromatic rings. The van der Waals surface area contributed by atoms with E-state index in [0.717, 1.165) is 0 Å². The number of unbranched alkanes of at least 4 members (excludes halogenated alkanes) is 2. The van der Waals surface area contributed by atoms with E-state index in [-0.39, 0.29) is 0 Å². The lowest BCUT2D eigenvalue weighted by molar-refractivity contribution is 0.583. The smallest absolute Gasteiger partial charge is 0.0302 e. The number of aromatic nitrogens is 1. The van der Waals surface area contributed by atoms with Gasteiger partial charge in [-0.15, -0.1) is 0 Å². The fourth-order valence-corrected chi connectivity index (χ4v) is 2.44. The van der Waals surface area contributed by atoms with Gasteiger partial charge in [0.2, 0.25) is 0 Å². The number of benzene rings is 1. The molecule has 0 radical (unpaired) electrons. The maximum absolute atomic E-state index is 4.19. The molecule has 1 heterocycles. The van der Waals surface area contributed by atoms with E-state index in [0.29, 0.717) is 5.92 Å². The van der Waals surface area contributed by atoms with Gasteiger partial charge < -0.3 is 0 Å². The van der Waals surface area contributed by atoms with Crippen LogP contribution in [0, 0.1) is 0 Å². The summed E-state index contributed by atoms with van der Waals surface area (Å²) in [5.41, 5.74) is 2.83. The molecule has 19 heavy (non-hydrogen) atoms. The van der Waals surface area contributed by atoms with E-state index in [1.54, 1.807) is 0 Å². The SMILES string of the molecule is CC(CCCCCc1ccccc1)c1cccnc1. The van der Waals surface area contributed by atoms with Crippen LogP contribution in [0.25, 0.3) is 0 Å². The molecule has 1 unspecified atom stereocenters. The standard InChI is InChI=1S/C18H23N/c1-16(18-13-8-14-19-15-18)9-4-2-5-10-17-11-6-3-7-12-17/h3,6-8,11-16H,2,4-5,9-10H2,1H3. The largest absolute Gasteiger partial charge is 0.264 e. The molecular formula is C18H23N. The Labute approximate surface area is 116 Å². The third-order valence-corrected chi connectivity index (χ3v) is 3.70. The van der Waals surface area contributed by atoms with Gasteiger partial charge in [-0.05, 0) is 42.4 Å². The van der Waals surface area contributed by atoms with Crippen molar-refractivity contribution in [3.05, 3.63) is 66.0 Å². The van der Waals surface area contributed by atoms with Crippen molar-refractivity contribution in [2.24, 2.45) is 0 Å². The maximum atomic E-state index is 4.19. The zero-order valence-electron chi connectivity index (χ0n) is 11.8. The Bertz CT molecular complexity index is 450. The van der Waals surface area contributed by atoms with Gasteiger partial charge in [0.15, 0.2) is 0 Å². The molecule has 1 nitrogen and oxygen atoms in total. The van der Waals surface area contributed by atoms with Crippen LogP contribution in [0.4, 0.5) is 0 Å². The van der Waals surface area contributed by atoms with Gasteiger partial charge in [0.1, 0.15) is 0 Å². The fourth-order valence-electron chi connectivity index (χ4n) is 2.44. The van der Waals surface area contributed by atoms with E-state index < -0.39 is 0 Å². The first-order valence-corrected chi connectivity index (χ1v) is 7.30. The molecule has 0 fully saturated rings. The van der Waals surface area contributed by atoms with Gasteiger partial charge >= 0.3 is 0 Å². The summed E-state index contributed by atoms with van der Waals surface area (Å²) in [5.74, 6) is 0.630. The zero-order valence-corrected chi connectivity index (χ0v) is 11.8. The molecule has 1 aromatic heterocycles. The molecule has 1 atom stereocenters. The van der Waals surface area contributed by atoms with Gasteiger partial charge in [0.05, 0.1) is 0 Å². The topological polar surface area (TPSA) is 12.9 Å². The molecular weight excluding hydrogens is 230 g/mol. The van der Waals surface area contributed by atoms with Crippen molar-refractivity contribution in [2.75, 3.05) is 0 Å². The lowest BCUT2D eigenvalue weighted by Crippen LogP contribution is -1.94. The zero-order chi connectivity index (χ0) is 13.3. The van der Waals surface area contributed by atoms with E-state index >= 15 is 0 Å². The highest BCUT2D eigenvalue weighted by Crippen LogP contribution is 2.21. The summed E-state index contributed by atoms with van der Waals surface area (Å²) in [6, 6.07) is 15.0. The van der Waals surface area contributed by atoms with Gasteiger partial charge in [-0.25, -0.2) is 0 Å². The second-order valence-electron chi connectivity index (χ2n) is 5.27. The minimum atomic E-state index is 0.630. The second kappa shape index (κ2) is 7.73. The third-order valence-electron chi connectivity index (χ3n) is 3.70. The summed E-state index contributed by atoms with van der Waals surface area (Å²) in [6.45, 7) is 2.30. The molecule has 0 saturated carbocycles. The van der Waals surface area contributed by atoms with E-state index in [9.17, 15) is 0 Å². The first kappa shape index (κ1) is 13.8. The molecule has 0 aliphatic heterocycles. The van der Waals surface area contributed by atoms with E-state index in [2.05, 4.69) is 48.3 Å². The molecule has 0 aliphatic rings. The van der Waals surface area contributed by atoms with Crippen molar-refractivity contribution < 1.29 is 0 Å². The Morgan fingerprint density at radius 3 is 2.53 bits per heavy atom. The predicted octanol–water partition coefficient (Wildman–Crippen LogP) is 4.99. The lowest BCUT2D eigenvalue weighted by atomic mass is 9.96. The number of nitrogens with zero attached hydrogens (tertiary/aromatic N) is 1. The Morgan fingerprint density at radius 2 is 1.79 bits per heavy atom. The van der Waals surface area contributed by atoms with Crippen molar-refractivity contribution in [2.45, 2.75) is 44.9 Å². The number of pyridine rings is 1. The van der Waals surface area contributed by atoms with Crippen LogP contribution in [0.1, 0.15) is 49.7 Å². The molecule has 1 aromatic carbocycles. The predicted molar refractivity (Wildman–Crippen MR) is 81.3 cm³/mol. The van der Waals surface area contributed by atoms with Crippen LogP contribution >= 0.6 is 0 Å². The average Bonchev–Trinajstić information content (AvgIpc) is 2.49. The van der Waals surface area contributed by atoms with Crippen LogP contribution in [0.3, 0.4) is 0 Å². The number of hydrogen-bond acceptors (Lipinski definition) is 1. The number of aryl methyl sites for hydroxylation is 1. The van der Waals surface area contributed by atoms with Crippen molar-refractivity contribution in [3.8, 4) is 0 Å². The Morgan fingerprint density at radius 1 is 0.947 bits per heavy atom. The molecule has 0 aliphatic carbocycles. The monoisotopic (exact) mass is 253 g/mol. The van der Waals surface area contributed by atoms with Crippen molar-refractivity contribution in [1.29, 1.82) is 0 Å². The molecule has 2 rings (SSSR count). The highest BCUT2D eigenvalue weighted by Gasteiger charge is 2.04. The van der Waals surface area contributed by atoms with Gasteiger partial charge in [0, 0.05) is 12.4 Å².